The Morgan fingerprint density at radius 1 is 1.26 bits per heavy atom. The first-order chi connectivity index (χ1) is 12.8. The normalized spacial score (nSPS) is 22.3. The van der Waals surface area contributed by atoms with Crippen LogP contribution in [0.3, 0.4) is 0 Å². The van der Waals surface area contributed by atoms with Crippen molar-refractivity contribution in [3.05, 3.63) is 24.2 Å². The Bertz CT molecular complexity index is 529. The lowest BCUT2D eigenvalue weighted by atomic mass is 10.1. The molecule has 1 aromatic heterocycles. The zero-order valence-corrected chi connectivity index (χ0v) is 18.5. The highest BCUT2D eigenvalue weighted by Crippen LogP contribution is 2.10. The second kappa shape index (κ2) is 12.6. The molecule has 2 fully saturated rings. The fourth-order valence-corrected chi connectivity index (χ4v) is 3.28. The van der Waals surface area contributed by atoms with Crippen molar-refractivity contribution in [2.75, 3.05) is 59.2 Å². The van der Waals surface area contributed by atoms with Gasteiger partial charge in [0.15, 0.2) is 5.96 Å². The second-order valence-corrected chi connectivity index (χ2v) is 7.05. The molecular weight excluding hydrogens is 459 g/mol. The molecule has 3 heterocycles. The minimum absolute atomic E-state index is 0. The van der Waals surface area contributed by atoms with E-state index in [1.54, 1.807) is 6.26 Å². The predicted octanol–water partition coefficient (Wildman–Crippen LogP) is 1.73. The Kier molecular flexibility index (Phi) is 10.5. The van der Waals surface area contributed by atoms with Crippen molar-refractivity contribution in [2.24, 2.45) is 10.9 Å². The summed E-state index contributed by atoms with van der Waals surface area (Å²) in [6.07, 6.45) is 3.68. The van der Waals surface area contributed by atoms with Gasteiger partial charge in [-0.3, -0.25) is 9.89 Å². The summed E-state index contributed by atoms with van der Waals surface area (Å²) in [7, 11) is 0. The van der Waals surface area contributed by atoms with Crippen LogP contribution in [0.5, 0.6) is 0 Å². The Morgan fingerprint density at radius 3 is 2.81 bits per heavy atom. The molecule has 2 saturated heterocycles. The van der Waals surface area contributed by atoms with Gasteiger partial charge in [-0.1, -0.05) is 0 Å². The third-order valence-electron chi connectivity index (χ3n) is 5.01. The van der Waals surface area contributed by atoms with Crippen LogP contribution in [0, 0.1) is 5.92 Å². The topological polar surface area (TPSA) is 71.3 Å². The summed E-state index contributed by atoms with van der Waals surface area (Å²) >= 11 is 0. The molecule has 7 nitrogen and oxygen atoms in total. The molecule has 27 heavy (non-hydrogen) atoms. The molecule has 0 aromatic carbocycles. The number of hydrogen-bond acceptors (Lipinski definition) is 5. The van der Waals surface area contributed by atoms with Crippen LogP contribution in [0.15, 0.2) is 27.8 Å². The first kappa shape index (κ1) is 22.4. The smallest absolute Gasteiger partial charge is 0.191 e. The van der Waals surface area contributed by atoms with E-state index in [-0.39, 0.29) is 24.0 Å². The van der Waals surface area contributed by atoms with E-state index in [9.17, 15) is 0 Å². The molecule has 2 aliphatic rings. The second-order valence-electron chi connectivity index (χ2n) is 7.05. The number of furan rings is 1. The number of nitrogens with one attached hydrogen (secondary N) is 2. The van der Waals surface area contributed by atoms with Crippen molar-refractivity contribution in [1.29, 1.82) is 0 Å². The zero-order chi connectivity index (χ0) is 18.0. The van der Waals surface area contributed by atoms with Gasteiger partial charge in [-0.2, -0.15) is 0 Å². The van der Waals surface area contributed by atoms with Crippen molar-refractivity contribution in [3.8, 4) is 0 Å². The van der Waals surface area contributed by atoms with Crippen LogP contribution in [-0.4, -0.2) is 76.1 Å². The maximum atomic E-state index is 5.47. The van der Waals surface area contributed by atoms with Crippen molar-refractivity contribution in [3.63, 3.8) is 0 Å². The number of ether oxygens (including phenoxy) is 2. The molecule has 2 N–H and O–H groups in total. The van der Waals surface area contributed by atoms with Gasteiger partial charge in [-0.25, -0.2) is 0 Å². The summed E-state index contributed by atoms with van der Waals surface area (Å²) in [6, 6.07) is 4.34. The number of hydrogen-bond donors (Lipinski definition) is 2. The minimum atomic E-state index is 0. The molecule has 0 radical (unpaired) electrons. The highest BCUT2D eigenvalue weighted by atomic mass is 127. The molecule has 1 aromatic rings. The Labute approximate surface area is 179 Å². The number of morpholine rings is 1. The molecule has 154 valence electrons. The van der Waals surface area contributed by atoms with E-state index in [1.807, 2.05) is 12.1 Å². The van der Waals surface area contributed by atoms with Crippen LogP contribution >= 0.6 is 24.0 Å². The molecule has 2 atom stereocenters. The first-order valence-corrected chi connectivity index (χ1v) is 9.75. The first-order valence-electron chi connectivity index (χ1n) is 9.75. The van der Waals surface area contributed by atoms with E-state index in [4.69, 9.17) is 18.9 Å². The summed E-state index contributed by atoms with van der Waals surface area (Å²) in [5.74, 6) is 2.44. The lowest BCUT2D eigenvalue weighted by Gasteiger charge is -2.31. The molecule has 3 rings (SSSR count). The number of nitrogens with zero attached hydrogens (tertiary/aromatic N) is 2. The van der Waals surface area contributed by atoms with E-state index < -0.39 is 0 Å². The molecule has 2 unspecified atom stereocenters. The number of aliphatic imine (C=N–C) groups is 1. The molecular formula is C19H33IN4O3. The van der Waals surface area contributed by atoms with Gasteiger partial charge >= 0.3 is 0 Å². The van der Waals surface area contributed by atoms with E-state index in [2.05, 4.69) is 22.5 Å². The van der Waals surface area contributed by atoms with Crippen LogP contribution in [0.4, 0.5) is 0 Å². The van der Waals surface area contributed by atoms with Crippen LogP contribution in [-0.2, 0) is 15.9 Å². The number of halogens is 1. The van der Waals surface area contributed by atoms with Crippen molar-refractivity contribution < 1.29 is 13.9 Å². The molecule has 0 aliphatic carbocycles. The molecule has 2 aliphatic heterocycles. The van der Waals surface area contributed by atoms with Crippen LogP contribution in [0.1, 0.15) is 19.1 Å². The number of rotatable bonds is 8. The highest BCUT2D eigenvalue weighted by Gasteiger charge is 2.18. The summed E-state index contributed by atoms with van der Waals surface area (Å²) in [4.78, 5) is 7.26. The average Bonchev–Trinajstić information content (AvgIpc) is 3.38. The molecule has 0 saturated carbocycles. The quantitative estimate of drug-likeness (QED) is 0.328. The lowest BCUT2D eigenvalue weighted by Crippen LogP contribution is -2.45. The summed E-state index contributed by atoms with van der Waals surface area (Å²) < 4.78 is 16.3. The SMILES string of the molecule is CC(CN=C(NCCc1ccco1)NCC1CCOC1)N1CCOCC1.I. The van der Waals surface area contributed by atoms with Crippen LogP contribution in [0.2, 0.25) is 0 Å². The van der Waals surface area contributed by atoms with Crippen molar-refractivity contribution in [1.82, 2.24) is 15.5 Å². The fourth-order valence-electron chi connectivity index (χ4n) is 3.28. The summed E-state index contributed by atoms with van der Waals surface area (Å²) in [6.45, 7) is 10.1. The van der Waals surface area contributed by atoms with Gasteiger partial charge in [0, 0.05) is 51.2 Å². The minimum Gasteiger partial charge on any atom is -0.469 e. The molecule has 0 spiro atoms. The zero-order valence-electron chi connectivity index (χ0n) is 16.2. The standard InChI is InChI=1S/C19H32N4O3.HI/c1-16(23-7-11-24-12-8-23)13-21-19(22-14-17-5-10-25-15-17)20-6-4-18-3-2-9-26-18;/h2-3,9,16-17H,4-8,10-15H2,1H3,(H2,20,21,22);1H. The molecule has 8 heteroatoms. The Morgan fingerprint density at radius 2 is 2.11 bits per heavy atom. The van der Waals surface area contributed by atoms with Gasteiger partial charge < -0.3 is 24.5 Å². The maximum absolute atomic E-state index is 5.47. The van der Waals surface area contributed by atoms with Gasteiger partial charge in [0.05, 0.1) is 32.6 Å². The van der Waals surface area contributed by atoms with E-state index in [1.165, 1.54) is 0 Å². The van der Waals surface area contributed by atoms with E-state index >= 15 is 0 Å². The largest absolute Gasteiger partial charge is 0.469 e. The molecule has 0 amide bonds. The Hall–Kier alpha value is -0.840. The third-order valence-corrected chi connectivity index (χ3v) is 5.01. The summed E-state index contributed by atoms with van der Waals surface area (Å²) in [5.41, 5.74) is 0. The van der Waals surface area contributed by atoms with Crippen molar-refractivity contribution >= 4 is 29.9 Å². The molecule has 0 bridgehead atoms. The van der Waals surface area contributed by atoms with Gasteiger partial charge in [-0.05, 0) is 25.5 Å². The monoisotopic (exact) mass is 492 g/mol. The van der Waals surface area contributed by atoms with Gasteiger partial charge in [-0.15, -0.1) is 24.0 Å². The fraction of sp³-hybridized carbons (Fsp3) is 0.737. The predicted molar refractivity (Wildman–Crippen MR) is 117 cm³/mol. The van der Waals surface area contributed by atoms with E-state index in [0.717, 1.165) is 83.7 Å². The average molecular weight is 492 g/mol. The third kappa shape index (κ3) is 7.97. The van der Waals surface area contributed by atoms with Crippen molar-refractivity contribution in [2.45, 2.75) is 25.8 Å². The van der Waals surface area contributed by atoms with Crippen LogP contribution < -0.4 is 10.6 Å². The Balaban J connectivity index is 0.00000261. The van der Waals surface area contributed by atoms with E-state index in [0.29, 0.717) is 12.0 Å². The highest BCUT2D eigenvalue weighted by molar-refractivity contribution is 14.0. The maximum Gasteiger partial charge on any atom is 0.191 e. The van der Waals surface area contributed by atoms with Gasteiger partial charge in [0.25, 0.3) is 0 Å². The lowest BCUT2D eigenvalue weighted by molar-refractivity contribution is 0.0220. The number of guanidine groups is 1. The van der Waals surface area contributed by atoms with Gasteiger partial charge in [0.1, 0.15) is 5.76 Å². The van der Waals surface area contributed by atoms with Crippen LogP contribution in [0.25, 0.3) is 0 Å². The van der Waals surface area contributed by atoms with Gasteiger partial charge in [0.2, 0.25) is 0 Å². The summed E-state index contributed by atoms with van der Waals surface area (Å²) in [5, 5.41) is 6.92.